The minimum Gasteiger partial charge on any atom is -0.496 e. The number of hydrogen-bond donors (Lipinski definition) is 1. The van der Waals surface area contributed by atoms with Crippen LogP contribution < -0.4 is 4.74 Å². The minimum absolute atomic E-state index is 0.169. The van der Waals surface area contributed by atoms with Crippen LogP contribution in [0.15, 0.2) is 16.6 Å². The molecule has 1 aromatic carbocycles. The van der Waals surface area contributed by atoms with Gasteiger partial charge >= 0.3 is 5.97 Å². The number of carboxylic acid groups (broad SMARTS) is 1. The van der Waals surface area contributed by atoms with Gasteiger partial charge in [-0.3, -0.25) is 4.79 Å². The third-order valence-electron chi connectivity index (χ3n) is 3.59. The molecule has 0 atom stereocenters. The van der Waals surface area contributed by atoms with Gasteiger partial charge in [0.15, 0.2) is 0 Å². The predicted molar refractivity (Wildman–Crippen MR) is 74.6 cm³/mol. The number of halogens is 1. The van der Waals surface area contributed by atoms with Crippen LogP contribution >= 0.6 is 15.9 Å². The molecule has 5 heteroatoms. The van der Waals surface area contributed by atoms with Crippen molar-refractivity contribution in [1.82, 2.24) is 0 Å². The van der Waals surface area contributed by atoms with Crippen LogP contribution in [0, 0.1) is 0 Å². The Bertz CT molecular complexity index is 494. The summed E-state index contributed by atoms with van der Waals surface area (Å²) in [6, 6.07) is 3.90. The van der Waals surface area contributed by atoms with Gasteiger partial charge in [-0.05, 0) is 52.0 Å². The summed E-state index contributed by atoms with van der Waals surface area (Å²) in [7, 11) is 3.25. The molecule has 1 aliphatic carbocycles. The van der Waals surface area contributed by atoms with E-state index in [0.29, 0.717) is 6.61 Å². The molecule has 2 rings (SSSR count). The van der Waals surface area contributed by atoms with E-state index in [1.807, 2.05) is 12.1 Å². The molecule has 19 heavy (non-hydrogen) atoms. The molecule has 104 valence electrons. The summed E-state index contributed by atoms with van der Waals surface area (Å²) >= 11 is 3.47. The second kappa shape index (κ2) is 5.51. The number of aliphatic carboxylic acids is 1. The molecule has 1 saturated carbocycles. The Morgan fingerprint density at radius 1 is 1.42 bits per heavy atom. The second-order valence-corrected chi connectivity index (χ2v) is 5.78. The summed E-state index contributed by atoms with van der Waals surface area (Å²) in [5.41, 5.74) is 1.83. The molecule has 0 unspecified atom stereocenters. The fourth-order valence-corrected chi connectivity index (χ4v) is 3.01. The zero-order valence-electron chi connectivity index (χ0n) is 11.0. The lowest BCUT2D eigenvalue weighted by Gasteiger charge is -2.19. The molecule has 0 amide bonds. The molecule has 0 aromatic heterocycles. The van der Waals surface area contributed by atoms with Crippen molar-refractivity contribution in [2.75, 3.05) is 14.2 Å². The maximum absolute atomic E-state index is 11.0. The van der Waals surface area contributed by atoms with Crippen molar-refractivity contribution in [2.45, 2.75) is 31.3 Å². The zero-order valence-corrected chi connectivity index (χ0v) is 12.6. The highest BCUT2D eigenvalue weighted by Crippen LogP contribution is 2.53. The number of carboxylic acids is 1. The Kier molecular flexibility index (Phi) is 4.16. The average Bonchev–Trinajstić information content (AvgIpc) is 3.11. The fraction of sp³-hybridized carbons (Fsp3) is 0.500. The van der Waals surface area contributed by atoms with Crippen molar-refractivity contribution < 1.29 is 19.4 Å². The molecule has 0 spiro atoms. The SMILES string of the molecule is COCc1cc(OC)c(Br)cc1C1(CC(=O)O)CC1. The first-order valence-electron chi connectivity index (χ1n) is 6.10. The van der Waals surface area contributed by atoms with E-state index in [1.54, 1.807) is 14.2 Å². The van der Waals surface area contributed by atoms with Gasteiger partial charge in [0.1, 0.15) is 5.75 Å². The van der Waals surface area contributed by atoms with Gasteiger partial charge in [0.05, 0.1) is 24.6 Å². The van der Waals surface area contributed by atoms with Crippen molar-refractivity contribution in [3.8, 4) is 5.75 Å². The van der Waals surface area contributed by atoms with E-state index in [9.17, 15) is 4.79 Å². The third-order valence-corrected chi connectivity index (χ3v) is 4.21. The Morgan fingerprint density at radius 2 is 2.11 bits per heavy atom. The van der Waals surface area contributed by atoms with Gasteiger partial charge in [-0.2, -0.15) is 0 Å². The Balaban J connectivity index is 2.43. The van der Waals surface area contributed by atoms with Gasteiger partial charge in [-0.25, -0.2) is 0 Å². The average molecular weight is 329 g/mol. The topological polar surface area (TPSA) is 55.8 Å². The van der Waals surface area contributed by atoms with E-state index in [-0.39, 0.29) is 11.8 Å². The van der Waals surface area contributed by atoms with Crippen molar-refractivity contribution >= 4 is 21.9 Å². The molecule has 0 bridgehead atoms. The first kappa shape index (κ1) is 14.3. The van der Waals surface area contributed by atoms with E-state index < -0.39 is 5.97 Å². The summed E-state index contributed by atoms with van der Waals surface area (Å²) in [5, 5.41) is 9.07. The largest absolute Gasteiger partial charge is 0.496 e. The normalized spacial score (nSPS) is 16.2. The molecule has 1 aliphatic rings. The first-order chi connectivity index (χ1) is 9.02. The van der Waals surface area contributed by atoms with Crippen LogP contribution in [-0.2, 0) is 21.6 Å². The number of rotatable bonds is 6. The van der Waals surface area contributed by atoms with Gasteiger partial charge in [-0.15, -0.1) is 0 Å². The highest BCUT2D eigenvalue weighted by atomic mass is 79.9. The van der Waals surface area contributed by atoms with Crippen LogP contribution in [0.25, 0.3) is 0 Å². The lowest BCUT2D eigenvalue weighted by atomic mass is 9.88. The molecular weight excluding hydrogens is 312 g/mol. The highest BCUT2D eigenvalue weighted by molar-refractivity contribution is 9.10. The van der Waals surface area contributed by atoms with Gasteiger partial charge in [0.2, 0.25) is 0 Å². The number of ether oxygens (including phenoxy) is 2. The monoisotopic (exact) mass is 328 g/mol. The maximum atomic E-state index is 11.0. The van der Waals surface area contributed by atoms with Crippen molar-refractivity contribution in [3.63, 3.8) is 0 Å². The van der Waals surface area contributed by atoms with Crippen molar-refractivity contribution in [1.29, 1.82) is 0 Å². The molecule has 0 aliphatic heterocycles. The van der Waals surface area contributed by atoms with Gasteiger partial charge in [-0.1, -0.05) is 0 Å². The Labute approximate surface area is 120 Å². The van der Waals surface area contributed by atoms with Crippen LogP contribution in [-0.4, -0.2) is 25.3 Å². The van der Waals surface area contributed by atoms with E-state index in [0.717, 1.165) is 34.2 Å². The molecule has 1 N–H and O–H groups in total. The van der Waals surface area contributed by atoms with Crippen LogP contribution in [0.3, 0.4) is 0 Å². The lowest BCUT2D eigenvalue weighted by molar-refractivity contribution is -0.137. The second-order valence-electron chi connectivity index (χ2n) is 4.93. The highest BCUT2D eigenvalue weighted by Gasteiger charge is 2.47. The smallest absolute Gasteiger partial charge is 0.304 e. The van der Waals surface area contributed by atoms with Crippen LogP contribution in [0.4, 0.5) is 0 Å². The van der Waals surface area contributed by atoms with Crippen LogP contribution in [0.5, 0.6) is 5.75 Å². The van der Waals surface area contributed by atoms with Crippen LogP contribution in [0.2, 0.25) is 0 Å². The number of carbonyl (C=O) groups is 1. The van der Waals surface area contributed by atoms with Crippen molar-refractivity contribution in [2.24, 2.45) is 0 Å². The number of benzene rings is 1. The van der Waals surface area contributed by atoms with Crippen molar-refractivity contribution in [3.05, 3.63) is 27.7 Å². The molecule has 0 heterocycles. The number of methoxy groups -OCH3 is 2. The molecule has 0 saturated heterocycles. The first-order valence-corrected chi connectivity index (χ1v) is 6.89. The molecular formula is C14H17BrO4. The maximum Gasteiger partial charge on any atom is 0.304 e. The predicted octanol–water partition coefficient (Wildman–Crippen LogP) is 3.11. The zero-order chi connectivity index (χ0) is 14.0. The third kappa shape index (κ3) is 2.92. The molecule has 4 nitrogen and oxygen atoms in total. The quantitative estimate of drug-likeness (QED) is 0.871. The minimum atomic E-state index is -0.757. The van der Waals surface area contributed by atoms with Gasteiger partial charge < -0.3 is 14.6 Å². The number of hydrogen-bond acceptors (Lipinski definition) is 3. The van der Waals surface area contributed by atoms with E-state index in [1.165, 1.54) is 0 Å². The summed E-state index contributed by atoms with van der Waals surface area (Å²) in [4.78, 5) is 11.0. The fourth-order valence-electron chi connectivity index (χ4n) is 2.50. The van der Waals surface area contributed by atoms with Gasteiger partial charge in [0.25, 0.3) is 0 Å². The van der Waals surface area contributed by atoms with E-state index in [4.69, 9.17) is 14.6 Å². The summed E-state index contributed by atoms with van der Waals surface area (Å²) in [6.45, 7) is 0.459. The summed E-state index contributed by atoms with van der Waals surface area (Å²) in [5.74, 6) is -0.0188. The molecule has 0 radical (unpaired) electrons. The summed E-state index contributed by atoms with van der Waals surface area (Å²) < 4.78 is 11.3. The molecule has 1 fully saturated rings. The van der Waals surface area contributed by atoms with E-state index in [2.05, 4.69) is 15.9 Å². The lowest BCUT2D eigenvalue weighted by Crippen LogP contribution is -2.15. The Hall–Kier alpha value is -1.07. The van der Waals surface area contributed by atoms with E-state index >= 15 is 0 Å². The Morgan fingerprint density at radius 3 is 2.58 bits per heavy atom. The summed E-state index contributed by atoms with van der Waals surface area (Å²) in [6.07, 6.45) is 1.99. The molecule has 1 aromatic rings. The standard InChI is InChI=1S/C14H17BrO4/c1-18-8-9-5-12(19-2)11(15)6-10(9)14(3-4-14)7-13(16)17/h5-6H,3-4,7-8H2,1-2H3,(H,16,17). The van der Waals surface area contributed by atoms with Crippen LogP contribution in [0.1, 0.15) is 30.4 Å². The van der Waals surface area contributed by atoms with Gasteiger partial charge in [0, 0.05) is 12.5 Å².